The second-order valence-electron chi connectivity index (χ2n) is 6.61. The van der Waals surface area contributed by atoms with E-state index in [0.717, 1.165) is 43.9 Å². The minimum Gasteiger partial charge on any atom is -0.337 e. The highest BCUT2D eigenvalue weighted by Crippen LogP contribution is 2.23. The lowest BCUT2D eigenvalue weighted by molar-refractivity contribution is 0.0683. The zero-order chi connectivity index (χ0) is 17.8. The number of amides is 1. The normalized spacial score (nSPS) is 15.2. The quantitative estimate of drug-likeness (QED) is 0.728. The van der Waals surface area contributed by atoms with Crippen molar-refractivity contribution in [1.29, 1.82) is 0 Å². The van der Waals surface area contributed by atoms with Crippen LogP contribution in [0.1, 0.15) is 29.2 Å². The fraction of sp³-hybridized carbons (Fsp3) is 0.300. The molecule has 1 fully saturated rings. The van der Waals surface area contributed by atoms with Crippen LogP contribution in [0.2, 0.25) is 0 Å². The van der Waals surface area contributed by atoms with Crippen molar-refractivity contribution < 1.29 is 4.79 Å². The monoisotopic (exact) mass is 347 g/mol. The van der Waals surface area contributed by atoms with Gasteiger partial charge in [-0.25, -0.2) is 0 Å². The van der Waals surface area contributed by atoms with Crippen LogP contribution >= 0.6 is 0 Å². The van der Waals surface area contributed by atoms with Crippen LogP contribution in [0.15, 0.2) is 61.1 Å². The van der Waals surface area contributed by atoms with E-state index in [4.69, 9.17) is 0 Å². The number of carbonyl (C=O) groups excluding carboxylic acids is 1. The number of piperidine rings is 1. The molecular formula is C20H21N5O. The number of hydrogen-bond acceptors (Lipinski definition) is 4. The van der Waals surface area contributed by atoms with Gasteiger partial charge in [0, 0.05) is 31.4 Å². The summed E-state index contributed by atoms with van der Waals surface area (Å²) in [4.78, 5) is 18.6. The van der Waals surface area contributed by atoms with Gasteiger partial charge in [-0.05, 0) is 43.0 Å². The Morgan fingerprint density at radius 2 is 1.81 bits per heavy atom. The van der Waals surface area contributed by atoms with Gasteiger partial charge in [-0.1, -0.05) is 24.3 Å². The first kappa shape index (κ1) is 16.4. The molecule has 1 aliphatic heterocycles. The van der Waals surface area contributed by atoms with Crippen molar-refractivity contribution in [2.75, 3.05) is 13.1 Å². The van der Waals surface area contributed by atoms with Crippen LogP contribution in [0.5, 0.6) is 0 Å². The Labute approximate surface area is 152 Å². The van der Waals surface area contributed by atoms with Crippen LogP contribution in [0.25, 0.3) is 5.69 Å². The standard InChI is InChI=1S/C20H21N5O/c26-20(18-8-4-5-11-21-18)24-12-9-16(10-13-24)14-19-23-22-15-25(19)17-6-2-1-3-7-17/h1-8,11,15-16H,9-10,12-14H2. The van der Waals surface area contributed by atoms with Crippen molar-refractivity contribution in [3.63, 3.8) is 0 Å². The van der Waals surface area contributed by atoms with Crippen molar-refractivity contribution in [3.8, 4) is 5.69 Å². The maximum absolute atomic E-state index is 12.5. The average Bonchev–Trinajstić information content (AvgIpc) is 3.17. The second kappa shape index (κ2) is 7.47. The molecule has 0 spiro atoms. The number of rotatable bonds is 4. The molecule has 6 heteroatoms. The van der Waals surface area contributed by atoms with Crippen LogP contribution in [-0.4, -0.2) is 43.6 Å². The Morgan fingerprint density at radius 3 is 2.54 bits per heavy atom. The third kappa shape index (κ3) is 3.49. The number of carbonyl (C=O) groups is 1. The van der Waals surface area contributed by atoms with Crippen molar-refractivity contribution in [2.45, 2.75) is 19.3 Å². The maximum Gasteiger partial charge on any atom is 0.272 e. The lowest BCUT2D eigenvalue weighted by atomic mass is 9.93. The number of benzene rings is 1. The van der Waals surface area contributed by atoms with Crippen molar-refractivity contribution in [1.82, 2.24) is 24.6 Å². The number of nitrogens with zero attached hydrogens (tertiary/aromatic N) is 5. The summed E-state index contributed by atoms with van der Waals surface area (Å²) in [5.74, 6) is 1.51. The van der Waals surface area contributed by atoms with Crippen molar-refractivity contribution in [3.05, 3.63) is 72.6 Å². The number of aromatic nitrogens is 4. The lowest BCUT2D eigenvalue weighted by Crippen LogP contribution is -2.39. The predicted molar refractivity (Wildman–Crippen MR) is 97.9 cm³/mol. The Morgan fingerprint density at radius 1 is 1.04 bits per heavy atom. The summed E-state index contributed by atoms with van der Waals surface area (Å²) in [6.07, 6.45) is 6.25. The highest BCUT2D eigenvalue weighted by Gasteiger charge is 2.25. The zero-order valence-electron chi connectivity index (χ0n) is 14.5. The predicted octanol–water partition coefficient (Wildman–Crippen LogP) is 2.76. The first-order valence-corrected chi connectivity index (χ1v) is 8.96. The van der Waals surface area contributed by atoms with Crippen molar-refractivity contribution in [2.24, 2.45) is 5.92 Å². The molecule has 4 rings (SSSR count). The molecule has 3 heterocycles. The Bertz CT molecular complexity index is 854. The fourth-order valence-corrected chi connectivity index (χ4v) is 3.45. The maximum atomic E-state index is 12.5. The molecule has 1 amide bonds. The van der Waals surface area contributed by atoms with Gasteiger partial charge in [0.25, 0.3) is 5.91 Å². The smallest absolute Gasteiger partial charge is 0.272 e. The third-order valence-corrected chi connectivity index (χ3v) is 4.91. The highest BCUT2D eigenvalue weighted by atomic mass is 16.2. The van der Waals surface area contributed by atoms with Gasteiger partial charge in [-0.3, -0.25) is 14.3 Å². The summed E-state index contributed by atoms with van der Waals surface area (Å²) in [5, 5.41) is 8.40. The SMILES string of the molecule is O=C(c1ccccn1)N1CCC(Cc2nncn2-c2ccccc2)CC1. The molecule has 0 N–H and O–H groups in total. The molecule has 0 unspecified atom stereocenters. The van der Waals surface area contributed by atoms with Gasteiger partial charge >= 0.3 is 0 Å². The molecule has 132 valence electrons. The molecule has 6 nitrogen and oxygen atoms in total. The third-order valence-electron chi connectivity index (χ3n) is 4.91. The van der Waals surface area contributed by atoms with E-state index in [1.807, 2.05) is 39.8 Å². The van der Waals surface area contributed by atoms with E-state index in [0.29, 0.717) is 11.6 Å². The van der Waals surface area contributed by atoms with Gasteiger partial charge in [0.2, 0.25) is 0 Å². The second-order valence-corrected chi connectivity index (χ2v) is 6.61. The average molecular weight is 347 g/mol. The molecule has 0 bridgehead atoms. The van der Waals surface area contributed by atoms with E-state index in [1.54, 1.807) is 18.6 Å². The largest absolute Gasteiger partial charge is 0.337 e. The van der Waals surface area contributed by atoms with Crippen LogP contribution in [-0.2, 0) is 6.42 Å². The van der Waals surface area contributed by atoms with Crippen LogP contribution < -0.4 is 0 Å². The van der Waals surface area contributed by atoms with Gasteiger partial charge in [0.1, 0.15) is 17.8 Å². The van der Waals surface area contributed by atoms with Crippen molar-refractivity contribution >= 4 is 5.91 Å². The summed E-state index contributed by atoms with van der Waals surface area (Å²) >= 11 is 0. The molecule has 0 saturated carbocycles. The molecule has 0 aliphatic carbocycles. The summed E-state index contributed by atoms with van der Waals surface area (Å²) < 4.78 is 2.05. The van der Waals surface area contributed by atoms with E-state index in [9.17, 15) is 4.79 Å². The molecule has 1 aromatic carbocycles. The molecule has 2 aromatic heterocycles. The van der Waals surface area contributed by atoms with E-state index in [-0.39, 0.29) is 5.91 Å². The van der Waals surface area contributed by atoms with Gasteiger partial charge in [-0.2, -0.15) is 0 Å². The topological polar surface area (TPSA) is 63.9 Å². The summed E-state index contributed by atoms with van der Waals surface area (Å²) in [6, 6.07) is 15.6. The molecule has 1 aliphatic rings. The van der Waals surface area contributed by atoms with Gasteiger partial charge in [0.15, 0.2) is 0 Å². The van der Waals surface area contributed by atoms with E-state index in [2.05, 4.69) is 27.3 Å². The Kier molecular flexibility index (Phi) is 4.73. The molecule has 0 atom stereocenters. The van der Waals surface area contributed by atoms with Crippen LogP contribution in [0.4, 0.5) is 0 Å². The molecular weight excluding hydrogens is 326 g/mol. The summed E-state index contributed by atoms with van der Waals surface area (Å²) in [5.41, 5.74) is 1.60. The fourth-order valence-electron chi connectivity index (χ4n) is 3.45. The molecule has 26 heavy (non-hydrogen) atoms. The minimum absolute atomic E-state index is 0.0245. The lowest BCUT2D eigenvalue weighted by Gasteiger charge is -2.31. The molecule has 1 saturated heterocycles. The highest BCUT2D eigenvalue weighted by molar-refractivity contribution is 5.92. The van der Waals surface area contributed by atoms with E-state index < -0.39 is 0 Å². The van der Waals surface area contributed by atoms with E-state index in [1.165, 1.54) is 0 Å². The van der Waals surface area contributed by atoms with Crippen LogP contribution in [0.3, 0.4) is 0 Å². The number of pyridine rings is 1. The zero-order valence-corrected chi connectivity index (χ0v) is 14.5. The molecule has 3 aromatic rings. The number of hydrogen-bond donors (Lipinski definition) is 0. The molecule has 0 radical (unpaired) electrons. The Balaban J connectivity index is 1.38. The van der Waals surface area contributed by atoms with Gasteiger partial charge in [0.05, 0.1) is 0 Å². The van der Waals surface area contributed by atoms with Crippen LogP contribution in [0, 0.1) is 5.92 Å². The Hall–Kier alpha value is -3.02. The van der Waals surface area contributed by atoms with Gasteiger partial charge < -0.3 is 4.90 Å². The van der Waals surface area contributed by atoms with Gasteiger partial charge in [-0.15, -0.1) is 10.2 Å². The summed E-state index contributed by atoms with van der Waals surface area (Å²) in [7, 11) is 0. The number of likely N-dealkylation sites (tertiary alicyclic amines) is 1. The first-order valence-electron chi connectivity index (χ1n) is 8.96. The van der Waals surface area contributed by atoms with E-state index >= 15 is 0 Å². The minimum atomic E-state index is 0.0245. The number of para-hydroxylation sites is 1. The summed E-state index contributed by atoms with van der Waals surface area (Å²) in [6.45, 7) is 1.53. The first-order chi connectivity index (χ1) is 12.8.